The van der Waals surface area contributed by atoms with Gasteiger partial charge in [0.1, 0.15) is 6.04 Å². The zero-order valence-corrected chi connectivity index (χ0v) is 17.9. The molecule has 1 atom stereocenters. The van der Waals surface area contributed by atoms with Gasteiger partial charge in [-0.25, -0.2) is 8.42 Å². The van der Waals surface area contributed by atoms with Crippen molar-refractivity contribution in [2.24, 2.45) is 0 Å². The highest BCUT2D eigenvalue weighted by Crippen LogP contribution is 2.24. The number of hydrogen-bond donors (Lipinski definition) is 1. The van der Waals surface area contributed by atoms with Crippen LogP contribution in [-0.4, -0.2) is 26.6 Å². The number of benzene rings is 2. The first-order chi connectivity index (χ1) is 12.5. The first kappa shape index (κ1) is 21.5. The van der Waals surface area contributed by atoms with Gasteiger partial charge in [-0.2, -0.15) is 0 Å². The summed E-state index contributed by atoms with van der Waals surface area (Å²) in [7, 11) is -3.66. The van der Waals surface area contributed by atoms with E-state index in [1.807, 2.05) is 19.9 Å². The van der Waals surface area contributed by atoms with Gasteiger partial charge >= 0.3 is 0 Å². The van der Waals surface area contributed by atoms with Crippen molar-refractivity contribution in [3.63, 3.8) is 0 Å². The van der Waals surface area contributed by atoms with Crippen molar-refractivity contribution in [2.75, 3.05) is 10.6 Å². The molecule has 0 fully saturated rings. The molecule has 1 N–H and O–H groups in total. The number of carbonyl (C=O) groups is 1. The Bertz CT molecular complexity index is 961. The van der Waals surface area contributed by atoms with Crippen molar-refractivity contribution < 1.29 is 13.2 Å². The van der Waals surface area contributed by atoms with Gasteiger partial charge in [-0.15, -0.1) is 0 Å². The minimum absolute atomic E-state index is 0.170. The van der Waals surface area contributed by atoms with Crippen molar-refractivity contribution in [2.45, 2.75) is 33.4 Å². The fraction of sp³-hybridized carbons (Fsp3) is 0.316. The van der Waals surface area contributed by atoms with Gasteiger partial charge in [0, 0.05) is 16.6 Å². The predicted octanol–water partition coefficient (Wildman–Crippen LogP) is 4.08. The second-order valence-electron chi connectivity index (χ2n) is 6.46. The number of rotatable bonds is 6. The lowest BCUT2D eigenvalue weighted by Crippen LogP contribution is -2.47. The highest BCUT2D eigenvalue weighted by atomic mass is 35.5. The van der Waals surface area contributed by atoms with E-state index in [9.17, 15) is 13.2 Å². The summed E-state index contributed by atoms with van der Waals surface area (Å²) in [5.74, 6) is -0.426. The Morgan fingerprint density at radius 3 is 2.33 bits per heavy atom. The number of halogens is 2. The maximum absolute atomic E-state index is 12.6. The first-order valence-electron chi connectivity index (χ1n) is 8.29. The molecule has 5 nitrogen and oxygen atoms in total. The molecule has 0 aliphatic heterocycles. The van der Waals surface area contributed by atoms with E-state index in [-0.39, 0.29) is 6.54 Å². The Labute approximate surface area is 170 Å². The zero-order chi connectivity index (χ0) is 20.4. The van der Waals surface area contributed by atoms with Crippen molar-refractivity contribution in [3.05, 3.63) is 63.1 Å². The fourth-order valence-electron chi connectivity index (χ4n) is 2.67. The smallest absolute Gasteiger partial charge is 0.243 e. The normalized spacial score (nSPS) is 12.5. The summed E-state index contributed by atoms with van der Waals surface area (Å²) in [5, 5.41) is 3.67. The predicted molar refractivity (Wildman–Crippen MR) is 111 cm³/mol. The van der Waals surface area contributed by atoms with Crippen LogP contribution in [0.4, 0.5) is 5.69 Å². The molecule has 1 unspecified atom stereocenters. The van der Waals surface area contributed by atoms with Crippen molar-refractivity contribution in [1.29, 1.82) is 0 Å². The van der Waals surface area contributed by atoms with E-state index < -0.39 is 22.0 Å². The molecule has 0 saturated carbocycles. The lowest BCUT2D eigenvalue weighted by Gasteiger charge is -2.28. The number of hydrogen-bond acceptors (Lipinski definition) is 3. The number of amides is 1. The molecule has 0 radical (unpaired) electrons. The second-order valence-corrected chi connectivity index (χ2v) is 9.16. The molecule has 27 heavy (non-hydrogen) atoms. The molecule has 0 aliphatic carbocycles. The average Bonchev–Trinajstić information content (AvgIpc) is 2.56. The Balaban J connectivity index is 2.23. The van der Waals surface area contributed by atoms with Crippen molar-refractivity contribution in [3.8, 4) is 0 Å². The molecule has 2 aromatic carbocycles. The minimum atomic E-state index is -3.66. The third-order valence-electron chi connectivity index (χ3n) is 4.30. The number of nitrogens with zero attached hydrogens (tertiary/aromatic N) is 1. The molecule has 0 saturated heterocycles. The molecule has 2 rings (SSSR count). The molecule has 8 heteroatoms. The number of anilines is 1. The summed E-state index contributed by atoms with van der Waals surface area (Å²) in [6.45, 7) is 5.56. The van der Waals surface area contributed by atoms with E-state index in [0.717, 1.165) is 21.7 Å². The number of sulfonamides is 1. The third kappa shape index (κ3) is 5.37. The molecule has 2 aromatic rings. The SMILES string of the molecule is Cc1ccc(N(C(C)C(=O)NCc2ccc(Cl)cc2Cl)S(C)(=O)=O)cc1C. The molecule has 0 spiro atoms. The van der Waals surface area contributed by atoms with Crippen molar-refractivity contribution in [1.82, 2.24) is 5.32 Å². The van der Waals surface area contributed by atoms with Gasteiger partial charge in [0.05, 0.1) is 11.9 Å². The number of aryl methyl sites for hydroxylation is 2. The summed E-state index contributed by atoms with van der Waals surface area (Å²) < 4.78 is 25.8. The van der Waals surface area contributed by atoms with Crippen LogP contribution in [0.3, 0.4) is 0 Å². The van der Waals surface area contributed by atoms with E-state index in [2.05, 4.69) is 5.32 Å². The van der Waals surface area contributed by atoms with Crippen LogP contribution in [0.1, 0.15) is 23.6 Å². The summed E-state index contributed by atoms with van der Waals surface area (Å²) in [6.07, 6.45) is 1.09. The molecular formula is C19H22Cl2N2O3S. The quantitative estimate of drug-likeness (QED) is 0.753. The van der Waals surface area contributed by atoms with E-state index in [0.29, 0.717) is 21.3 Å². The number of nitrogens with one attached hydrogen (secondary N) is 1. The summed E-state index contributed by atoms with van der Waals surface area (Å²) in [4.78, 5) is 12.6. The van der Waals surface area contributed by atoms with Gasteiger partial charge < -0.3 is 5.32 Å². The molecule has 0 aliphatic rings. The van der Waals surface area contributed by atoms with Crippen LogP contribution >= 0.6 is 23.2 Å². The van der Waals surface area contributed by atoms with Crippen LogP contribution in [0.25, 0.3) is 0 Å². The summed E-state index contributed by atoms with van der Waals surface area (Å²) >= 11 is 12.0. The highest BCUT2D eigenvalue weighted by molar-refractivity contribution is 7.92. The van der Waals surface area contributed by atoms with Gasteiger partial charge in [-0.3, -0.25) is 9.10 Å². The standard InChI is InChI=1S/C19H22Cl2N2O3S/c1-12-5-8-17(9-13(12)2)23(27(4,25)26)14(3)19(24)22-11-15-6-7-16(20)10-18(15)21/h5-10,14H,11H2,1-4H3,(H,22,24). The van der Waals surface area contributed by atoms with Gasteiger partial charge in [-0.1, -0.05) is 35.3 Å². The van der Waals surface area contributed by atoms with Crippen LogP contribution in [-0.2, 0) is 21.4 Å². The van der Waals surface area contributed by atoms with Crippen LogP contribution in [0, 0.1) is 13.8 Å². The van der Waals surface area contributed by atoms with Gasteiger partial charge in [0.25, 0.3) is 0 Å². The Morgan fingerprint density at radius 2 is 1.78 bits per heavy atom. The van der Waals surface area contributed by atoms with Crippen LogP contribution in [0.15, 0.2) is 36.4 Å². The summed E-state index contributed by atoms with van der Waals surface area (Å²) in [5.41, 5.74) is 3.13. The lowest BCUT2D eigenvalue weighted by atomic mass is 10.1. The van der Waals surface area contributed by atoms with Gasteiger partial charge in [0.15, 0.2) is 0 Å². The van der Waals surface area contributed by atoms with E-state index >= 15 is 0 Å². The molecule has 1 amide bonds. The zero-order valence-electron chi connectivity index (χ0n) is 15.6. The largest absolute Gasteiger partial charge is 0.350 e. The minimum Gasteiger partial charge on any atom is -0.350 e. The van der Waals surface area contributed by atoms with Crippen LogP contribution in [0.5, 0.6) is 0 Å². The van der Waals surface area contributed by atoms with E-state index in [1.165, 1.54) is 0 Å². The van der Waals surface area contributed by atoms with Crippen LogP contribution in [0.2, 0.25) is 10.0 Å². The Kier molecular flexibility index (Phi) is 6.78. The van der Waals surface area contributed by atoms with E-state index in [1.54, 1.807) is 37.3 Å². The van der Waals surface area contributed by atoms with Gasteiger partial charge in [0.2, 0.25) is 15.9 Å². The molecule has 0 heterocycles. The Hall–Kier alpha value is -1.76. The third-order valence-corrected chi connectivity index (χ3v) is 6.13. The van der Waals surface area contributed by atoms with E-state index in [4.69, 9.17) is 23.2 Å². The fourth-order valence-corrected chi connectivity index (χ4v) is 4.31. The second kappa shape index (κ2) is 8.50. The lowest BCUT2D eigenvalue weighted by molar-refractivity contribution is -0.122. The highest BCUT2D eigenvalue weighted by Gasteiger charge is 2.29. The maximum atomic E-state index is 12.6. The molecule has 0 aromatic heterocycles. The summed E-state index contributed by atoms with van der Waals surface area (Å²) in [6, 6.07) is 9.35. The van der Waals surface area contributed by atoms with Crippen molar-refractivity contribution >= 4 is 44.8 Å². The maximum Gasteiger partial charge on any atom is 0.243 e. The monoisotopic (exact) mass is 428 g/mol. The molecular weight excluding hydrogens is 407 g/mol. The first-order valence-corrected chi connectivity index (χ1v) is 10.9. The Morgan fingerprint density at radius 1 is 1.11 bits per heavy atom. The molecule has 146 valence electrons. The topological polar surface area (TPSA) is 66.5 Å². The molecule has 0 bridgehead atoms. The number of carbonyl (C=O) groups excluding carboxylic acids is 1. The van der Waals surface area contributed by atoms with Gasteiger partial charge in [-0.05, 0) is 61.7 Å². The van der Waals surface area contributed by atoms with Crippen LogP contribution < -0.4 is 9.62 Å². The average molecular weight is 429 g/mol.